The maximum atomic E-state index is 13.5. The number of piperazine rings is 1. The van der Waals surface area contributed by atoms with E-state index in [1.165, 1.54) is 6.07 Å². The third-order valence-corrected chi connectivity index (χ3v) is 5.90. The van der Waals surface area contributed by atoms with E-state index in [4.69, 9.17) is 0 Å². The molecule has 1 saturated heterocycles. The van der Waals surface area contributed by atoms with Crippen LogP contribution in [-0.2, 0) is 11.3 Å². The number of non-ortho nitro benzene ring substituents is 1. The Bertz CT molecular complexity index is 1150. The molecule has 1 unspecified atom stereocenters. The Morgan fingerprint density at radius 2 is 1.53 bits per heavy atom. The summed E-state index contributed by atoms with van der Waals surface area (Å²) in [5.74, 6) is -0.447. The Morgan fingerprint density at radius 1 is 0.882 bits per heavy atom. The average molecular weight is 459 g/mol. The summed E-state index contributed by atoms with van der Waals surface area (Å²) in [6.07, 6.45) is 0. The maximum absolute atomic E-state index is 13.5. The van der Waals surface area contributed by atoms with Crippen LogP contribution >= 0.6 is 0 Å². The molecule has 3 aromatic carbocycles. The minimum absolute atomic E-state index is 0.0752. The molecule has 8 heteroatoms. The first-order valence-corrected chi connectivity index (χ1v) is 11.2. The maximum Gasteiger partial charge on any atom is 0.269 e. The molecule has 0 aliphatic carbocycles. The molecule has 1 aliphatic heterocycles. The molecule has 34 heavy (non-hydrogen) atoms. The van der Waals surface area contributed by atoms with Gasteiger partial charge in [-0.3, -0.25) is 24.6 Å². The smallest absolute Gasteiger partial charge is 0.269 e. The van der Waals surface area contributed by atoms with Crippen molar-refractivity contribution < 1.29 is 14.5 Å². The fourth-order valence-electron chi connectivity index (χ4n) is 4.07. The predicted molar refractivity (Wildman–Crippen MR) is 128 cm³/mol. The zero-order chi connectivity index (χ0) is 23.9. The highest BCUT2D eigenvalue weighted by Gasteiger charge is 2.30. The molecule has 174 valence electrons. The highest BCUT2D eigenvalue weighted by Crippen LogP contribution is 2.20. The molecule has 8 nitrogen and oxygen atoms in total. The van der Waals surface area contributed by atoms with Gasteiger partial charge in [-0.05, 0) is 23.3 Å². The quantitative estimate of drug-likeness (QED) is 0.432. The van der Waals surface area contributed by atoms with E-state index in [-0.39, 0.29) is 17.5 Å². The number of benzene rings is 3. The second kappa shape index (κ2) is 10.7. The number of carbonyl (C=O) groups excluding carboxylic acids is 2. The van der Waals surface area contributed by atoms with Crippen LogP contribution in [0.1, 0.15) is 27.5 Å². The van der Waals surface area contributed by atoms with Gasteiger partial charge in [0.1, 0.15) is 6.04 Å². The zero-order valence-electron chi connectivity index (χ0n) is 18.7. The second-order valence-electron chi connectivity index (χ2n) is 8.21. The summed E-state index contributed by atoms with van der Waals surface area (Å²) >= 11 is 0. The minimum Gasteiger partial charge on any atom is -0.338 e. The lowest BCUT2D eigenvalue weighted by Gasteiger charge is -2.36. The van der Waals surface area contributed by atoms with Crippen LogP contribution in [0.3, 0.4) is 0 Å². The monoisotopic (exact) mass is 458 g/mol. The number of hydrogen-bond donors (Lipinski definition) is 1. The molecule has 0 saturated carbocycles. The van der Waals surface area contributed by atoms with Crippen molar-refractivity contribution in [2.24, 2.45) is 0 Å². The second-order valence-corrected chi connectivity index (χ2v) is 8.21. The van der Waals surface area contributed by atoms with E-state index in [2.05, 4.69) is 10.2 Å². The molecule has 1 fully saturated rings. The first kappa shape index (κ1) is 23.1. The van der Waals surface area contributed by atoms with Crippen LogP contribution < -0.4 is 5.32 Å². The summed E-state index contributed by atoms with van der Waals surface area (Å²) in [6.45, 7) is 2.89. The summed E-state index contributed by atoms with van der Waals surface area (Å²) in [7, 11) is 0. The Labute approximate surface area is 198 Å². The van der Waals surface area contributed by atoms with E-state index >= 15 is 0 Å². The summed E-state index contributed by atoms with van der Waals surface area (Å²) in [6, 6.07) is 23.9. The number of nitro groups is 1. The Kier molecular flexibility index (Phi) is 7.29. The molecule has 0 spiro atoms. The van der Waals surface area contributed by atoms with E-state index in [9.17, 15) is 19.7 Å². The van der Waals surface area contributed by atoms with Crippen LogP contribution in [0.5, 0.6) is 0 Å². The van der Waals surface area contributed by atoms with Crippen LogP contribution in [0.15, 0.2) is 84.9 Å². The van der Waals surface area contributed by atoms with Crippen LogP contribution in [0.2, 0.25) is 0 Å². The van der Waals surface area contributed by atoms with Gasteiger partial charge in [-0.2, -0.15) is 0 Å². The lowest BCUT2D eigenvalue weighted by atomic mass is 10.0. The lowest BCUT2D eigenvalue weighted by Crippen LogP contribution is -2.51. The first-order valence-electron chi connectivity index (χ1n) is 11.2. The lowest BCUT2D eigenvalue weighted by molar-refractivity contribution is -0.384. The Morgan fingerprint density at radius 3 is 2.18 bits per heavy atom. The van der Waals surface area contributed by atoms with Crippen molar-refractivity contribution in [2.75, 3.05) is 26.2 Å². The molecule has 1 aliphatic rings. The first-order chi connectivity index (χ1) is 16.5. The van der Waals surface area contributed by atoms with Gasteiger partial charge in [0, 0.05) is 50.4 Å². The molecule has 4 rings (SSSR count). The highest BCUT2D eigenvalue weighted by molar-refractivity contribution is 5.97. The molecule has 1 N–H and O–H groups in total. The number of carbonyl (C=O) groups is 2. The number of nitrogens with zero attached hydrogens (tertiary/aromatic N) is 3. The molecule has 2 amide bonds. The summed E-state index contributed by atoms with van der Waals surface area (Å²) < 4.78 is 0. The normalized spacial score (nSPS) is 14.9. The van der Waals surface area contributed by atoms with E-state index in [1.54, 1.807) is 41.3 Å². The van der Waals surface area contributed by atoms with Crippen LogP contribution in [0, 0.1) is 10.1 Å². The van der Waals surface area contributed by atoms with E-state index < -0.39 is 11.0 Å². The summed E-state index contributed by atoms with van der Waals surface area (Å²) in [5.41, 5.74) is 2.17. The van der Waals surface area contributed by atoms with Gasteiger partial charge in [-0.15, -0.1) is 0 Å². The SMILES string of the molecule is O=C(NC(C(=O)N1CCN(Cc2cccc([N+](=O)[O-])c2)CC1)c1ccccc1)c1ccccc1. The molecular formula is C26H26N4O4. The third-order valence-electron chi connectivity index (χ3n) is 5.90. The molecule has 3 aromatic rings. The summed E-state index contributed by atoms with van der Waals surface area (Å²) in [4.78, 5) is 40.9. The minimum atomic E-state index is -0.780. The number of nitro benzene ring substituents is 1. The van der Waals surface area contributed by atoms with Crippen LogP contribution in [-0.4, -0.2) is 52.7 Å². The van der Waals surface area contributed by atoms with Crippen molar-refractivity contribution in [3.8, 4) is 0 Å². The van der Waals surface area contributed by atoms with Gasteiger partial charge in [0.2, 0.25) is 5.91 Å². The van der Waals surface area contributed by atoms with Crippen molar-refractivity contribution in [3.05, 3.63) is 112 Å². The fourth-order valence-corrected chi connectivity index (χ4v) is 4.07. The molecule has 1 atom stereocenters. The van der Waals surface area contributed by atoms with Gasteiger partial charge in [-0.25, -0.2) is 0 Å². The van der Waals surface area contributed by atoms with Crippen molar-refractivity contribution in [1.82, 2.24) is 15.1 Å². The standard InChI is InChI=1S/C26H26N4O4/c31-25(22-11-5-2-6-12-22)27-24(21-9-3-1-4-10-21)26(32)29-16-14-28(15-17-29)19-20-8-7-13-23(18-20)30(33)34/h1-13,18,24H,14-17,19H2,(H,27,31). The summed E-state index contributed by atoms with van der Waals surface area (Å²) in [5, 5.41) is 13.9. The fraction of sp³-hybridized carbons (Fsp3) is 0.231. The van der Waals surface area contributed by atoms with Gasteiger partial charge < -0.3 is 10.2 Å². The molecular weight excluding hydrogens is 432 g/mol. The molecule has 0 radical (unpaired) electrons. The van der Waals surface area contributed by atoms with E-state index in [0.29, 0.717) is 38.3 Å². The Hall–Kier alpha value is -4.04. The zero-order valence-corrected chi connectivity index (χ0v) is 18.7. The predicted octanol–water partition coefficient (Wildman–Crippen LogP) is 3.41. The van der Waals surface area contributed by atoms with Crippen LogP contribution in [0.25, 0.3) is 0 Å². The van der Waals surface area contributed by atoms with Gasteiger partial charge >= 0.3 is 0 Å². The van der Waals surface area contributed by atoms with Gasteiger partial charge in [-0.1, -0.05) is 60.7 Å². The van der Waals surface area contributed by atoms with E-state index in [0.717, 1.165) is 11.1 Å². The van der Waals surface area contributed by atoms with Gasteiger partial charge in [0.25, 0.3) is 11.6 Å². The van der Waals surface area contributed by atoms with Crippen molar-refractivity contribution in [2.45, 2.75) is 12.6 Å². The largest absolute Gasteiger partial charge is 0.338 e. The molecule has 1 heterocycles. The van der Waals surface area contributed by atoms with Crippen molar-refractivity contribution in [3.63, 3.8) is 0 Å². The highest BCUT2D eigenvalue weighted by atomic mass is 16.6. The topological polar surface area (TPSA) is 95.8 Å². The number of nitrogens with one attached hydrogen (secondary N) is 1. The Balaban J connectivity index is 1.42. The number of hydrogen-bond acceptors (Lipinski definition) is 5. The van der Waals surface area contributed by atoms with Crippen LogP contribution in [0.4, 0.5) is 5.69 Å². The number of rotatable bonds is 7. The van der Waals surface area contributed by atoms with Gasteiger partial charge in [0.15, 0.2) is 0 Å². The number of amides is 2. The third kappa shape index (κ3) is 5.65. The van der Waals surface area contributed by atoms with Crippen molar-refractivity contribution in [1.29, 1.82) is 0 Å². The average Bonchev–Trinajstić information content (AvgIpc) is 2.88. The molecule has 0 bridgehead atoms. The van der Waals surface area contributed by atoms with Crippen molar-refractivity contribution >= 4 is 17.5 Å². The molecule has 0 aromatic heterocycles. The van der Waals surface area contributed by atoms with Gasteiger partial charge in [0.05, 0.1) is 4.92 Å². The van der Waals surface area contributed by atoms with E-state index in [1.807, 2.05) is 42.5 Å².